The number of carbonyl (C=O) groups excluding carboxylic acids is 1. The van der Waals surface area contributed by atoms with E-state index in [0.29, 0.717) is 11.5 Å². The zero-order valence-corrected chi connectivity index (χ0v) is 8.65. The Morgan fingerprint density at radius 3 is 2.47 bits per heavy atom. The van der Waals surface area contributed by atoms with Gasteiger partial charge in [-0.3, -0.25) is 4.79 Å². The summed E-state index contributed by atoms with van der Waals surface area (Å²) in [5.74, 6) is 0.597. The fourth-order valence-electron chi connectivity index (χ4n) is 1.52. The van der Waals surface area contributed by atoms with Crippen molar-refractivity contribution in [3.63, 3.8) is 0 Å². The number of benzene rings is 1. The number of rotatable bonds is 2. The summed E-state index contributed by atoms with van der Waals surface area (Å²) in [5, 5.41) is 3.77. The molecule has 1 aromatic heterocycles. The number of Topliss-reactive ketones (excluding diaryl/α,β-unsaturated/α-hetero) is 1. The van der Waals surface area contributed by atoms with Gasteiger partial charge in [0, 0.05) is 18.1 Å². The van der Waals surface area contributed by atoms with Crippen molar-refractivity contribution in [1.29, 1.82) is 0 Å². The molecule has 15 heavy (non-hydrogen) atoms. The van der Waals surface area contributed by atoms with Crippen LogP contribution in [0, 0.1) is 6.92 Å². The molecule has 0 unspecified atom stereocenters. The van der Waals surface area contributed by atoms with E-state index in [2.05, 4.69) is 5.16 Å². The third-order valence-corrected chi connectivity index (χ3v) is 2.29. The number of hydrogen-bond donors (Lipinski definition) is 0. The van der Waals surface area contributed by atoms with Crippen molar-refractivity contribution in [3.8, 4) is 11.3 Å². The monoisotopic (exact) mass is 201 g/mol. The van der Waals surface area contributed by atoms with Gasteiger partial charge in [0.25, 0.3) is 0 Å². The Hall–Kier alpha value is -1.90. The maximum Gasteiger partial charge on any atom is 0.181 e. The molecule has 0 saturated carbocycles. The van der Waals surface area contributed by atoms with E-state index in [0.717, 1.165) is 11.1 Å². The highest BCUT2D eigenvalue weighted by Crippen LogP contribution is 2.25. The summed E-state index contributed by atoms with van der Waals surface area (Å²) in [4.78, 5) is 11.2. The van der Waals surface area contributed by atoms with Crippen LogP contribution in [0.2, 0.25) is 0 Å². The second kappa shape index (κ2) is 3.69. The van der Waals surface area contributed by atoms with Crippen LogP contribution < -0.4 is 0 Å². The van der Waals surface area contributed by atoms with Gasteiger partial charge in [-0.2, -0.15) is 0 Å². The van der Waals surface area contributed by atoms with Crippen molar-refractivity contribution >= 4 is 5.78 Å². The van der Waals surface area contributed by atoms with E-state index in [1.807, 2.05) is 37.3 Å². The van der Waals surface area contributed by atoms with E-state index < -0.39 is 0 Å². The zero-order chi connectivity index (χ0) is 10.8. The quantitative estimate of drug-likeness (QED) is 0.701. The first kappa shape index (κ1) is 9.65. The molecule has 0 aliphatic heterocycles. The van der Waals surface area contributed by atoms with Crippen molar-refractivity contribution < 1.29 is 9.32 Å². The molecule has 0 saturated heterocycles. The van der Waals surface area contributed by atoms with Gasteiger partial charge in [0.15, 0.2) is 17.2 Å². The Balaban J connectivity index is 2.52. The Morgan fingerprint density at radius 2 is 1.93 bits per heavy atom. The van der Waals surface area contributed by atoms with Gasteiger partial charge in [0.1, 0.15) is 0 Å². The van der Waals surface area contributed by atoms with Gasteiger partial charge in [0.2, 0.25) is 0 Å². The summed E-state index contributed by atoms with van der Waals surface area (Å²) < 4.78 is 5.17. The van der Waals surface area contributed by atoms with Crippen LogP contribution >= 0.6 is 0 Å². The molecule has 2 rings (SSSR count). The van der Waals surface area contributed by atoms with Crippen LogP contribution in [-0.2, 0) is 0 Å². The molecule has 0 N–H and O–H groups in total. The molecule has 1 heterocycles. The molecule has 3 heteroatoms. The number of aromatic nitrogens is 1. The fraction of sp³-hybridized carbons (Fsp3) is 0.167. The molecular formula is C12H11NO2. The van der Waals surface area contributed by atoms with Crippen molar-refractivity contribution in [2.45, 2.75) is 13.8 Å². The normalized spacial score (nSPS) is 10.3. The van der Waals surface area contributed by atoms with Crippen molar-refractivity contribution in [2.24, 2.45) is 0 Å². The van der Waals surface area contributed by atoms with E-state index >= 15 is 0 Å². The fourth-order valence-corrected chi connectivity index (χ4v) is 1.52. The van der Waals surface area contributed by atoms with Gasteiger partial charge in [-0.1, -0.05) is 35.5 Å². The number of hydrogen-bond acceptors (Lipinski definition) is 3. The molecule has 0 spiro atoms. The number of nitrogens with zero attached hydrogens (tertiary/aromatic N) is 1. The summed E-state index contributed by atoms with van der Waals surface area (Å²) >= 11 is 0. The summed E-state index contributed by atoms with van der Waals surface area (Å²) in [6.07, 6.45) is 0. The van der Waals surface area contributed by atoms with E-state index in [4.69, 9.17) is 4.52 Å². The third-order valence-electron chi connectivity index (χ3n) is 2.29. The topological polar surface area (TPSA) is 43.1 Å². The standard InChI is InChI=1S/C12H11NO2/c1-8-11(9(2)14)13-15-12(8)10-6-4-3-5-7-10/h3-7H,1-2H3. The van der Waals surface area contributed by atoms with Crippen LogP contribution in [0.3, 0.4) is 0 Å². The third kappa shape index (κ3) is 1.68. The SMILES string of the molecule is CC(=O)c1noc(-c2ccccc2)c1C. The molecule has 1 aromatic carbocycles. The smallest absolute Gasteiger partial charge is 0.181 e. The highest BCUT2D eigenvalue weighted by Gasteiger charge is 2.15. The predicted molar refractivity (Wildman–Crippen MR) is 56.7 cm³/mol. The first-order valence-electron chi connectivity index (χ1n) is 4.73. The minimum atomic E-state index is -0.0709. The lowest BCUT2D eigenvalue weighted by molar-refractivity contribution is 0.100. The predicted octanol–water partition coefficient (Wildman–Crippen LogP) is 2.85. The molecule has 0 aliphatic carbocycles. The minimum absolute atomic E-state index is 0.0709. The largest absolute Gasteiger partial charge is 0.355 e. The highest BCUT2D eigenvalue weighted by molar-refractivity contribution is 5.94. The molecule has 0 atom stereocenters. The first-order chi connectivity index (χ1) is 7.20. The molecule has 0 radical (unpaired) electrons. The number of ketones is 1. The molecule has 2 aromatic rings. The highest BCUT2D eigenvalue weighted by atomic mass is 16.5. The molecule has 0 amide bonds. The Bertz CT molecular complexity index is 486. The van der Waals surface area contributed by atoms with Crippen LogP contribution in [0.15, 0.2) is 34.9 Å². The van der Waals surface area contributed by atoms with Crippen LogP contribution in [-0.4, -0.2) is 10.9 Å². The van der Waals surface area contributed by atoms with E-state index in [1.165, 1.54) is 6.92 Å². The lowest BCUT2D eigenvalue weighted by Gasteiger charge is -1.95. The average Bonchev–Trinajstić information content (AvgIpc) is 2.61. The van der Waals surface area contributed by atoms with Crippen LogP contribution in [0.1, 0.15) is 23.0 Å². The van der Waals surface area contributed by atoms with Crippen molar-refractivity contribution in [2.75, 3.05) is 0 Å². The van der Waals surface area contributed by atoms with Crippen LogP contribution in [0.4, 0.5) is 0 Å². The molecule has 0 bridgehead atoms. The average molecular weight is 201 g/mol. The van der Waals surface area contributed by atoms with Gasteiger partial charge in [-0.15, -0.1) is 0 Å². The lowest BCUT2D eigenvalue weighted by Crippen LogP contribution is -1.94. The molecular weight excluding hydrogens is 190 g/mol. The van der Waals surface area contributed by atoms with Gasteiger partial charge < -0.3 is 4.52 Å². The molecule has 0 fully saturated rings. The van der Waals surface area contributed by atoms with E-state index in [1.54, 1.807) is 0 Å². The maximum absolute atomic E-state index is 11.2. The molecule has 76 valence electrons. The summed E-state index contributed by atoms with van der Waals surface area (Å²) in [7, 11) is 0. The minimum Gasteiger partial charge on any atom is -0.355 e. The second-order valence-corrected chi connectivity index (χ2v) is 3.41. The summed E-state index contributed by atoms with van der Waals surface area (Å²) in [5.41, 5.74) is 2.15. The Kier molecular flexibility index (Phi) is 2.37. The van der Waals surface area contributed by atoms with Gasteiger partial charge in [-0.05, 0) is 6.92 Å². The summed E-state index contributed by atoms with van der Waals surface area (Å²) in [6.45, 7) is 3.33. The first-order valence-corrected chi connectivity index (χ1v) is 4.73. The molecule has 0 aliphatic rings. The Morgan fingerprint density at radius 1 is 1.27 bits per heavy atom. The van der Waals surface area contributed by atoms with Gasteiger partial charge >= 0.3 is 0 Å². The molecule has 3 nitrogen and oxygen atoms in total. The number of carbonyl (C=O) groups is 1. The maximum atomic E-state index is 11.2. The van der Waals surface area contributed by atoms with E-state index in [-0.39, 0.29) is 5.78 Å². The van der Waals surface area contributed by atoms with E-state index in [9.17, 15) is 4.79 Å². The van der Waals surface area contributed by atoms with Gasteiger partial charge in [0.05, 0.1) is 0 Å². The van der Waals surface area contributed by atoms with Crippen LogP contribution in [0.5, 0.6) is 0 Å². The second-order valence-electron chi connectivity index (χ2n) is 3.41. The lowest BCUT2D eigenvalue weighted by atomic mass is 10.1. The zero-order valence-electron chi connectivity index (χ0n) is 8.65. The van der Waals surface area contributed by atoms with Crippen molar-refractivity contribution in [3.05, 3.63) is 41.6 Å². The van der Waals surface area contributed by atoms with Crippen LogP contribution in [0.25, 0.3) is 11.3 Å². The van der Waals surface area contributed by atoms with Crippen molar-refractivity contribution in [1.82, 2.24) is 5.16 Å². The Labute approximate surface area is 87.7 Å². The van der Waals surface area contributed by atoms with Gasteiger partial charge in [-0.25, -0.2) is 0 Å². The summed E-state index contributed by atoms with van der Waals surface area (Å²) in [6, 6.07) is 9.63.